The zero-order valence-corrected chi connectivity index (χ0v) is 25.4. The van der Waals surface area contributed by atoms with Crippen LogP contribution >= 0.6 is 0 Å². The third kappa shape index (κ3) is 7.70. The molecule has 43 heavy (non-hydrogen) atoms. The summed E-state index contributed by atoms with van der Waals surface area (Å²) >= 11 is 0. The molecule has 1 aliphatic heterocycles. The van der Waals surface area contributed by atoms with Gasteiger partial charge in [-0.1, -0.05) is 80.4 Å². The normalized spacial score (nSPS) is 14.5. The van der Waals surface area contributed by atoms with E-state index < -0.39 is 10.0 Å². The molecule has 1 N–H and O–H groups in total. The molecule has 0 unspecified atom stereocenters. The maximum absolute atomic E-state index is 13.5. The Hall–Kier alpha value is -3.98. The van der Waals surface area contributed by atoms with E-state index in [2.05, 4.69) is 41.4 Å². The molecular formula is C35H39N3O4S. The van der Waals surface area contributed by atoms with Gasteiger partial charge in [0.25, 0.3) is 5.91 Å². The maximum Gasteiger partial charge on any atom is 0.255 e. The molecule has 1 amide bonds. The van der Waals surface area contributed by atoms with Crippen LogP contribution in [0.5, 0.6) is 5.75 Å². The first kappa shape index (κ1) is 30.5. The van der Waals surface area contributed by atoms with Gasteiger partial charge in [0.15, 0.2) is 0 Å². The Balaban J connectivity index is 1.19. The topological polar surface area (TPSA) is 78.9 Å². The number of carbonyl (C=O) groups is 1. The van der Waals surface area contributed by atoms with Crippen molar-refractivity contribution in [1.82, 2.24) is 9.21 Å². The van der Waals surface area contributed by atoms with Crippen molar-refractivity contribution in [3.05, 3.63) is 126 Å². The zero-order valence-electron chi connectivity index (χ0n) is 24.6. The van der Waals surface area contributed by atoms with Crippen LogP contribution in [0.15, 0.2) is 114 Å². The summed E-state index contributed by atoms with van der Waals surface area (Å²) in [5, 5.41) is 2.85. The molecule has 1 saturated heterocycles. The van der Waals surface area contributed by atoms with E-state index in [0.29, 0.717) is 44.0 Å². The first-order valence-electron chi connectivity index (χ1n) is 14.9. The molecule has 4 aromatic carbocycles. The summed E-state index contributed by atoms with van der Waals surface area (Å²) in [5.41, 5.74) is 3.41. The highest BCUT2D eigenvalue weighted by Crippen LogP contribution is 2.30. The van der Waals surface area contributed by atoms with E-state index in [1.54, 1.807) is 52.8 Å². The van der Waals surface area contributed by atoms with E-state index >= 15 is 0 Å². The standard InChI is InChI=1S/C35H39N3O4S/c1-2-3-10-27-42-32-19-15-30(16-20-32)35(39)36-31-17-21-33(22-18-31)43(40,41)38-25-23-37(24-26-38)34(28-11-6-4-7-12-28)29-13-8-5-9-14-29/h4-9,11-22,34H,2-3,10,23-27H2,1H3,(H,36,39). The molecule has 1 heterocycles. The molecule has 7 nitrogen and oxygen atoms in total. The number of unbranched alkanes of at least 4 members (excludes halogenated alkanes) is 2. The van der Waals surface area contributed by atoms with Gasteiger partial charge in [0.05, 0.1) is 17.5 Å². The Kier molecular flexibility index (Phi) is 10.3. The fourth-order valence-corrected chi connectivity index (χ4v) is 6.82. The smallest absolute Gasteiger partial charge is 0.255 e. The number of nitrogens with one attached hydrogen (secondary N) is 1. The van der Waals surface area contributed by atoms with E-state index in [4.69, 9.17) is 4.74 Å². The second-order valence-corrected chi connectivity index (χ2v) is 12.7. The molecule has 0 aliphatic carbocycles. The zero-order chi connectivity index (χ0) is 30.1. The second kappa shape index (κ2) is 14.5. The monoisotopic (exact) mass is 597 g/mol. The van der Waals surface area contributed by atoms with Crippen LogP contribution in [0.1, 0.15) is 53.7 Å². The predicted octanol–water partition coefficient (Wildman–Crippen LogP) is 6.60. The lowest BCUT2D eigenvalue weighted by atomic mass is 9.96. The Morgan fingerprint density at radius 1 is 0.767 bits per heavy atom. The minimum absolute atomic E-state index is 0.0599. The van der Waals surface area contributed by atoms with E-state index in [9.17, 15) is 13.2 Å². The van der Waals surface area contributed by atoms with Crippen LogP contribution in [-0.4, -0.2) is 56.3 Å². The van der Waals surface area contributed by atoms with E-state index in [1.807, 2.05) is 36.4 Å². The van der Waals surface area contributed by atoms with Crippen molar-refractivity contribution in [2.24, 2.45) is 0 Å². The Labute approximate surface area is 255 Å². The van der Waals surface area contributed by atoms with Crippen molar-refractivity contribution in [3.8, 4) is 5.75 Å². The minimum atomic E-state index is -3.67. The molecule has 8 heteroatoms. The number of amides is 1. The molecule has 0 atom stereocenters. The molecule has 1 aliphatic rings. The van der Waals surface area contributed by atoms with Crippen molar-refractivity contribution < 1.29 is 17.9 Å². The van der Waals surface area contributed by atoms with Gasteiger partial charge in [-0.25, -0.2) is 8.42 Å². The van der Waals surface area contributed by atoms with E-state index in [-0.39, 0.29) is 16.8 Å². The number of sulfonamides is 1. The van der Waals surface area contributed by atoms with Crippen LogP contribution in [0.4, 0.5) is 5.69 Å². The minimum Gasteiger partial charge on any atom is -0.494 e. The molecule has 4 aromatic rings. The molecule has 0 saturated carbocycles. The highest BCUT2D eigenvalue weighted by atomic mass is 32.2. The van der Waals surface area contributed by atoms with Gasteiger partial charge in [-0.2, -0.15) is 4.31 Å². The number of piperazine rings is 1. The third-order valence-corrected chi connectivity index (χ3v) is 9.66. The fourth-order valence-electron chi connectivity index (χ4n) is 5.39. The second-order valence-electron chi connectivity index (χ2n) is 10.7. The fraction of sp³-hybridized carbons (Fsp3) is 0.286. The first-order valence-corrected chi connectivity index (χ1v) is 16.4. The number of hydrogen-bond acceptors (Lipinski definition) is 5. The summed E-state index contributed by atoms with van der Waals surface area (Å²) in [7, 11) is -3.67. The number of rotatable bonds is 12. The van der Waals surface area contributed by atoms with E-state index in [1.165, 1.54) is 11.1 Å². The highest BCUT2D eigenvalue weighted by Gasteiger charge is 2.32. The van der Waals surface area contributed by atoms with Crippen LogP contribution in [0.3, 0.4) is 0 Å². The third-order valence-electron chi connectivity index (χ3n) is 7.75. The van der Waals surface area contributed by atoms with Crippen molar-refractivity contribution in [1.29, 1.82) is 0 Å². The average Bonchev–Trinajstić information content (AvgIpc) is 3.05. The summed E-state index contributed by atoms with van der Waals surface area (Å²) in [5.74, 6) is 0.467. The van der Waals surface area contributed by atoms with Gasteiger partial charge in [-0.05, 0) is 66.1 Å². The van der Waals surface area contributed by atoms with Gasteiger partial charge in [0.2, 0.25) is 10.0 Å². The summed E-state index contributed by atoms with van der Waals surface area (Å²) in [4.78, 5) is 15.3. The van der Waals surface area contributed by atoms with Crippen molar-refractivity contribution in [3.63, 3.8) is 0 Å². The van der Waals surface area contributed by atoms with Gasteiger partial charge in [-0.15, -0.1) is 0 Å². The number of hydrogen-bond donors (Lipinski definition) is 1. The summed E-state index contributed by atoms with van der Waals surface area (Å²) < 4.78 is 34.3. The molecule has 224 valence electrons. The summed E-state index contributed by atoms with van der Waals surface area (Å²) in [6, 6.07) is 34.2. The highest BCUT2D eigenvalue weighted by molar-refractivity contribution is 7.89. The lowest BCUT2D eigenvalue weighted by Gasteiger charge is -2.39. The first-order chi connectivity index (χ1) is 21.0. The lowest BCUT2D eigenvalue weighted by Crippen LogP contribution is -2.49. The molecule has 5 rings (SSSR count). The summed E-state index contributed by atoms with van der Waals surface area (Å²) in [6.07, 6.45) is 3.27. The Morgan fingerprint density at radius 2 is 1.35 bits per heavy atom. The number of anilines is 1. The van der Waals surface area contributed by atoms with Gasteiger partial charge in [0.1, 0.15) is 5.75 Å². The van der Waals surface area contributed by atoms with Crippen LogP contribution in [0, 0.1) is 0 Å². The van der Waals surface area contributed by atoms with Crippen molar-refractivity contribution in [2.45, 2.75) is 37.1 Å². The summed E-state index contributed by atoms with van der Waals surface area (Å²) in [6.45, 7) is 4.84. The average molecular weight is 598 g/mol. The molecule has 0 spiro atoms. The van der Waals surface area contributed by atoms with E-state index in [0.717, 1.165) is 25.0 Å². The van der Waals surface area contributed by atoms with Gasteiger partial charge < -0.3 is 10.1 Å². The van der Waals surface area contributed by atoms with Crippen LogP contribution in [0.2, 0.25) is 0 Å². The number of benzene rings is 4. The number of ether oxygens (including phenoxy) is 1. The largest absolute Gasteiger partial charge is 0.494 e. The Bertz CT molecular complexity index is 1510. The van der Waals surface area contributed by atoms with Gasteiger partial charge in [0, 0.05) is 37.4 Å². The molecule has 0 aromatic heterocycles. The number of nitrogens with zero attached hydrogens (tertiary/aromatic N) is 2. The molecule has 0 bridgehead atoms. The number of carbonyl (C=O) groups excluding carboxylic acids is 1. The lowest BCUT2D eigenvalue weighted by molar-refractivity contribution is 0.102. The van der Waals surface area contributed by atoms with Gasteiger partial charge in [-0.3, -0.25) is 9.69 Å². The van der Waals surface area contributed by atoms with Gasteiger partial charge >= 0.3 is 0 Å². The van der Waals surface area contributed by atoms with Crippen molar-refractivity contribution >= 4 is 21.6 Å². The Morgan fingerprint density at radius 3 is 1.91 bits per heavy atom. The molecular weight excluding hydrogens is 558 g/mol. The van der Waals surface area contributed by atoms with Crippen molar-refractivity contribution in [2.75, 3.05) is 38.1 Å². The molecule has 1 fully saturated rings. The van der Waals surface area contributed by atoms with Crippen LogP contribution in [-0.2, 0) is 10.0 Å². The molecule has 0 radical (unpaired) electrons. The quantitative estimate of drug-likeness (QED) is 0.186. The maximum atomic E-state index is 13.5. The SMILES string of the molecule is CCCCCOc1ccc(C(=O)Nc2ccc(S(=O)(=O)N3CCN(C(c4ccccc4)c4ccccc4)CC3)cc2)cc1. The van der Waals surface area contributed by atoms with Crippen LogP contribution in [0.25, 0.3) is 0 Å². The predicted molar refractivity (Wildman–Crippen MR) is 171 cm³/mol. The van der Waals surface area contributed by atoms with Crippen LogP contribution < -0.4 is 10.1 Å².